The molecule has 15 heavy (non-hydrogen) atoms. The topological polar surface area (TPSA) is 64.7 Å². The van der Waals surface area contributed by atoms with E-state index in [0.717, 1.165) is 17.0 Å². The van der Waals surface area contributed by atoms with Crippen LogP contribution >= 0.6 is 23.1 Å². The number of halogens is 1. The van der Waals surface area contributed by atoms with Crippen LogP contribution in [0.1, 0.15) is 18.0 Å². The molecule has 2 heterocycles. The molecule has 0 atom stereocenters. The number of rotatable bonds is 4. The van der Waals surface area contributed by atoms with Crippen molar-refractivity contribution in [1.29, 1.82) is 0 Å². The quantitative estimate of drug-likeness (QED) is 0.771. The van der Waals surface area contributed by atoms with Crippen LogP contribution in [-0.2, 0) is 6.42 Å². The standard InChI is InChI=1S/C8H9ClN4OS/c1-5-7(15-13-10-5)8-12-11-6(14-8)3-2-4-9/h2-4H2,1H3. The summed E-state index contributed by atoms with van der Waals surface area (Å²) in [5.74, 6) is 1.70. The van der Waals surface area contributed by atoms with Crippen LogP contribution in [0.3, 0.4) is 0 Å². The molecular weight excluding hydrogens is 236 g/mol. The zero-order valence-corrected chi connectivity index (χ0v) is 9.68. The van der Waals surface area contributed by atoms with Gasteiger partial charge in [-0.25, -0.2) is 0 Å². The summed E-state index contributed by atoms with van der Waals surface area (Å²) in [6, 6.07) is 0. The molecule has 0 saturated carbocycles. The third kappa shape index (κ3) is 2.32. The number of alkyl halides is 1. The van der Waals surface area contributed by atoms with E-state index in [1.807, 2.05) is 6.92 Å². The van der Waals surface area contributed by atoms with E-state index >= 15 is 0 Å². The third-order valence-corrected chi connectivity index (χ3v) is 2.92. The summed E-state index contributed by atoms with van der Waals surface area (Å²) in [4.78, 5) is 0.833. The molecule has 2 aromatic heterocycles. The molecule has 7 heteroatoms. The fourth-order valence-electron chi connectivity index (χ4n) is 1.09. The van der Waals surface area contributed by atoms with Crippen LogP contribution in [0.2, 0.25) is 0 Å². The minimum atomic E-state index is 0.493. The molecule has 0 unspecified atom stereocenters. The van der Waals surface area contributed by atoms with Crippen LogP contribution in [0, 0.1) is 6.92 Å². The second-order valence-corrected chi connectivity index (χ2v) is 4.11. The van der Waals surface area contributed by atoms with Gasteiger partial charge in [0.05, 0.1) is 5.69 Å². The lowest BCUT2D eigenvalue weighted by molar-refractivity contribution is 0.503. The molecule has 0 aliphatic carbocycles. The Hall–Kier alpha value is -1.01. The van der Waals surface area contributed by atoms with Crippen LogP contribution in [0.25, 0.3) is 10.8 Å². The fraction of sp³-hybridized carbons (Fsp3) is 0.500. The van der Waals surface area contributed by atoms with E-state index in [2.05, 4.69) is 19.8 Å². The highest BCUT2D eigenvalue weighted by Crippen LogP contribution is 2.24. The number of hydrogen-bond donors (Lipinski definition) is 0. The van der Waals surface area contributed by atoms with Gasteiger partial charge in [0.2, 0.25) is 5.89 Å². The smallest absolute Gasteiger partial charge is 0.261 e. The van der Waals surface area contributed by atoms with Gasteiger partial charge in [-0.05, 0) is 24.9 Å². The largest absolute Gasteiger partial charge is 0.420 e. The average molecular weight is 245 g/mol. The van der Waals surface area contributed by atoms with Crippen LogP contribution < -0.4 is 0 Å². The zero-order chi connectivity index (χ0) is 10.7. The Balaban J connectivity index is 2.17. The maximum atomic E-state index is 5.58. The number of nitrogens with zero attached hydrogens (tertiary/aromatic N) is 4. The van der Waals surface area contributed by atoms with Gasteiger partial charge in [-0.1, -0.05) is 4.49 Å². The van der Waals surface area contributed by atoms with Gasteiger partial charge in [0.15, 0.2) is 0 Å². The van der Waals surface area contributed by atoms with Crippen molar-refractivity contribution in [2.24, 2.45) is 0 Å². The maximum absolute atomic E-state index is 5.58. The van der Waals surface area contributed by atoms with Gasteiger partial charge in [-0.3, -0.25) is 0 Å². The van der Waals surface area contributed by atoms with Crippen LogP contribution in [0.5, 0.6) is 0 Å². The Labute approximate surface area is 95.6 Å². The summed E-state index contributed by atoms with van der Waals surface area (Å²) in [5.41, 5.74) is 0.813. The SMILES string of the molecule is Cc1nnsc1-c1nnc(CCCCl)o1. The first-order valence-electron chi connectivity index (χ1n) is 4.49. The van der Waals surface area contributed by atoms with Crippen LogP contribution in [0.4, 0.5) is 0 Å². The van der Waals surface area contributed by atoms with Crippen molar-refractivity contribution in [2.45, 2.75) is 19.8 Å². The summed E-state index contributed by atoms with van der Waals surface area (Å²) < 4.78 is 9.27. The second-order valence-electron chi connectivity index (χ2n) is 2.98. The van der Waals surface area contributed by atoms with E-state index in [9.17, 15) is 0 Å². The molecule has 0 radical (unpaired) electrons. The summed E-state index contributed by atoms with van der Waals surface area (Å²) >= 11 is 6.83. The first-order valence-corrected chi connectivity index (χ1v) is 5.79. The van der Waals surface area contributed by atoms with Gasteiger partial charge in [0.25, 0.3) is 5.89 Å². The van der Waals surface area contributed by atoms with Gasteiger partial charge in [-0.15, -0.1) is 26.9 Å². The monoisotopic (exact) mass is 244 g/mol. The first-order chi connectivity index (χ1) is 7.31. The molecule has 0 amide bonds. The Kier molecular flexibility index (Phi) is 3.27. The van der Waals surface area contributed by atoms with Crippen molar-refractivity contribution in [3.05, 3.63) is 11.6 Å². The average Bonchev–Trinajstić information content (AvgIpc) is 2.83. The second kappa shape index (κ2) is 4.67. The Bertz CT molecular complexity index is 441. The van der Waals surface area contributed by atoms with Gasteiger partial charge in [0, 0.05) is 12.3 Å². The highest BCUT2D eigenvalue weighted by Gasteiger charge is 2.13. The Morgan fingerprint density at radius 1 is 1.33 bits per heavy atom. The van der Waals surface area contributed by atoms with Gasteiger partial charge >= 0.3 is 0 Å². The van der Waals surface area contributed by atoms with Crippen molar-refractivity contribution in [2.75, 3.05) is 5.88 Å². The highest BCUT2D eigenvalue weighted by molar-refractivity contribution is 7.09. The van der Waals surface area contributed by atoms with Crippen molar-refractivity contribution in [3.63, 3.8) is 0 Å². The molecule has 2 rings (SSSR count). The first kappa shape index (κ1) is 10.5. The summed E-state index contributed by atoms with van der Waals surface area (Å²) in [6.45, 7) is 1.86. The Morgan fingerprint density at radius 3 is 2.87 bits per heavy atom. The summed E-state index contributed by atoms with van der Waals surface area (Å²) in [6.07, 6.45) is 1.55. The molecule has 0 N–H and O–H groups in total. The van der Waals surface area contributed by atoms with Crippen molar-refractivity contribution < 1.29 is 4.42 Å². The summed E-state index contributed by atoms with van der Waals surface area (Å²) in [7, 11) is 0. The van der Waals surface area contributed by atoms with Crippen molar-refractivity contribution >= 4 is 23.1 Å². The lowest BCUT2D eigenvalue weighted by Crippen LogP contribution is -1.85. The van der Waals surface area contributed by atoms with E-state index in [4.69, 9.17) is 16.0 Å². The molecule has 2 aromatic rings. The van der Waals surface area contributed by atoms with Crippen LogP contribution in [0.15, 0.2) is 4.42 Å². The van der Waals surface area contributed by atoms with Crippen molar-refractivity contribution in [1.82, 2.24) is 19.8 Å². The molecule has 0 aromatic carbocycles. The minimum Gasteiger partial charge on any atom is -0.420 e. The van der Waals surface area contributed by atoms with E-state index in [-0.39, 0.29) is 0 Å². The molecule has 0 spiro atoms. The molecule has 0 saturated heterocycles. The predicted octanol–water partition coefficient (Wildman–Crippen LogP) is 2.07. The Morgan fingerprint density at radius 2 is 2.20 bits per heavy atom. The van der Waals surface area contributed by atoms with Crippen LogP contribution in [-0.4, -0.2) is 25.7 Å². The van der Waals surface area contributed by atoms with Gasteiger partial charge in [0.1, 0.15) is 4.88 Å². The predicted molar refractivity (Wildman–Crippen MR) is 57.0 cm³/mol. The molecular formula is C8H9ClN4OS. The lowest BCUT2D eigenvalue weighted by Gasteiger charge is -1.89. The molecule has 0 aliphatic heterocycles. The molecule has 80 valence electrons. The molecule has 0 aliphatic rings. The van der Waals surface area contributed by atoms with E-state index in [0.29, 0.717) is 24.1 Å². The highest BCUT2D eigenvalue weighted by atomic mass is 35.5. The molecule has 0 fully saturated rings. The third-order valence-electron chi connectivity index (χ3n) is 1.84. The van der Waals surface area contributed by atoms with E-state index in [1.54, 1.807) is 0 Å². The number of hydrogen-bond acceptors (Lipinski definition) is 6. The normalized spacial score (nSPS) is 10.8. The summed E-state index contributed by atoms with van der Waals surface area (Å²) in [5, 5.41) is 11.8. The van der Waals surface area contributed by atoms with E-state index < -0.39 is 0 Å². The maximum Gasteiger partial charge on any atom is 0.261 e. The minimum absolute atomic E-state index is 0.493. The lowest BCUT2D eigenvalue weighted by atomic mass is 10.3. The molecule has 0 bridgehead atoms. The van der Waals surface area contributed by atoms with E-state index in [1.165, 1.54) is 11.5 Å². The number of aromatic nitrogens is 4. The van der Waals surface area contributed by atoms with Gasteiger partial charge < -0.3 is 4.42 Å². The number of aryl methyl sites for hydroxylation is 2. The van der Waals surface area contributed by atoms with Crippen molar-refractivity contribution in [3.8, 4) is 10.8 Å². The van der Waals surface area contributed by atoms with Gasteiger partial charge in [-0.2, -0.15) is 0 Å². The molecule has 5 nitrogen and oxygen atoms in total. The fourth-order valence-corrected chi connectivity index (χ4v) is 1.80. The zero-order valence-electron chi connectivity index (χ0n) is 8.10.